The zero-order chi connectivity index (χ0) is 23.0. The second kappa shape index (κ2) is 8.33. The highest BCUT2D eigenvalue weighted by atomic mass is 16.4. The number of aryl methyl sites for hydroxylation is 2. The Labute approximate surface area is 184 Å². The van der Waals surface area contributed by atoms with Crippen molar-refractivity contribution in [1.82, 2.24) is 20.0 Å². The van der Waals surface area contributed by atoms with Crippen molar-refractivity contribution in [1.29, 1.82) is 0 Å². The lowest BCUT2D eigenvalue weighted by Crippen LogP contribution is -2.47. The maximum atomic E-state index is 13.0. The number of imide groups is 1. The van der Waals surface area contributed by atoms with E-state index in [0.717, 1.165) is 10.5 Å². The minimum absolute atomic E-state index is 0.0745. The molecule has 11 heteroatoms. The molecule has 0 radical (unpaired) electrons. The number of carbonyl (C=O) groups is 4. The van der Waals surface area contributed by atoms with Crippen LogP contribution in [0.15, 0.2) is 30.6 Å². The van der Waals surface area contributed by atoms with Gasteiger partial charge in [-0.05, 0) is 36.6 Å². The van der Waals surface area contributed by atoms with Crippen molar-refractivity contribution in [2.75, 3.05) is 29.9 Å². The lowest BCUT2D eigenvalue weighted by Gasteiger charge is -2.35. The lowest BCUT2D eigenvalue weighted by molar-refractivity contribution is -0.143. The van der Waals surface area contributed by atoms with Gasteiger partial charge in [-0.1, -0.05) is 6.07 Å². The highest BCUT2D eigenvalue weighted by Gasteiger charge is 2.35. The number of anilines is 2. The topological polar surface area (TPSA) is 137 Å². The maximum Gasteiger partial charge on any atom is 0.329 e. The molecule has 1 aromatic heterocycles. The number of aromatic nitrogens is 2. The molecule has 0 spiro atoms. The molecule has 3 N–H and O–H groups in total. The number of amides is 5. The Hall–Kier alpha value is -3.89. The number of nitrogens with one attached hydrogen (secondary N) is 2. The van der Waals surface area contributed by atoms with Gasteiger partial charge in [0, 0.05) is 37.9 Å². The van der Waals surface area contributed by atoms with Crippen LogP contribution >= 0.6 is 0 Å². The van der Waals surface area contributed by atoms with Crippen LogP contribution in [0.4, 0.5) is 21.0 Å². The number of carbonyl (C=O) groups excluding carboxylic acids is 3. The summed E-state index contributed by atoms with van der Waals surface area (Å²) < 4.78 is 1.65. The molecule has 0 bridgehead atoms. The number of hydrogen-bond acceptors (Lipinski definition) is 5. The molecule has 1 aromatic carbocycles. The van der Waals surface area contributed by atoms with E-state index in [-0.39, 0.29) is 24.9 Å². The van der Waals surface area contributed by atoms with E-state index < -0.39 is 23.9 Å². The molecule has 2 atom stereocenters. The summed E-state index contributed by atoms with van der Waals surface area (Å²) in [5.74, 6) is -2.17. The summed E-state index contributed by atoms with van der Waals surface area (Å²) in [5.41, 5.74) is 2.37. The van der Waals surface area contributed by atoms with Gasteiger partial charge < -0.3 is 20.6 Å². The van der Waals surface area contributed by atoms with Crippen molar-refractivity contribution < 1.29 is 24.3 Å². The molecule has 5 amide bonds. The van der Waals surface area contributed by atoms with Crippen LogP contribution in [0.2, 0.25) is 0 Å². The number of benzene rings is 1. The lowest BCUT2D eigenvalue weighted by atomic mass is 9.86. The van der Waals surface area contributed by atoms with Crippen LogP contribution in [0.5, 0.6) is 0 Å². The Balaban J connectivity index is 1.53. The summed E-state index contributed by atoms with van der Waals surface area (Å²) in [7, 11) is 1.78. The van der Waals surface area contributed by atoms with Gasteiger partial charge in [-0.15, -0.1) is 0 Å². The van der Waals surface area contributed by atoms with E-state index in [4.69, 9.17) is 0 Å². The van der Waals surface area contributed by atoms with Crippen molar-refractivity contribution in [2.24, 2.45) is 13.0 Å². The first-order valence-electron chi connectivity index (χ1n) is 10.2. The van der Waals surface area contributed by atoms with Crippen LogP contribution in [-0.2, 0) is 16.6 Å². The molecule has 11 nitrogen and oxygen atoms in total. The predicted molar refractivity (Wildman–Crippen MR) is 114 cm³/mol. The summed E-state index contributed by atoms with van der Waals surface area (Å²) in [6.07, 6.45) is 3.94. The number of aliphatic carboxylic acids is 1. The van der Waals surface area contributed by atoms with E-state index >= 15 is 0 Å². The van der Waals surface area contributed by atoms with Gasteiger partial charge in [-0.25, -0.2) is 14.5 Å². The van der Waals surface area contributed by atoms with E-state index in [9.17, 15) is 24.3 Å². The van der Waals surface area contributed by atoms with E-state index in [1.54, 1.807) is 43.0 Å². The standard InChI is InChI=1S/C21H24N6O5/c1-12-3-4-16(6-17(12)27-18(28)8-22-20(27)31)24-21(32)26-10-13(5-14(11-26)19(29)30)15-7-23-25(2)9-15/h3-4,6-7,9,13-14H,5,8,10-11H2,1-2H3,(H,22,31)(H,24,32)(H,29,30). The van der Waals surface area contributed by atoms with Gasteiger partial charge in [0.2, 0.25) is 0 Å². The van der Waals surface area contributed by atoms with E-state index in [1.165, 1.54) is 4.90 Å². The van der Waals surface area contributed by atoms with Gasteiger partial charge in [-0.2, -0.15) is 5.10 Å². The second-order valence-electron chi connectivity index (χ2n) is 8.14. The Bertz CT molecular complexity index is 1080. The molecule has 2 aromatic rings. The minimum atomic E-state index is -0.951. The number of piperidine rings is 1. The first-order valence-corrected chi connectivity index (χ1v) is 10.2. The summed E-state index contributed by atoms with van der Waals surface area (Å²) >= 11 is 0. The number of carboxylic acids is 1. The Morgan fingerprint density at radius 1 is 1.25 bits per heavy atom. The summed E-state index contributed by atoms with van der Waals surface area (Å²) in [5, 5.41) is 19.0. The molecule has 2 aliphatic rings. The number of hydrogen-bond donors (Lipinski definition) is 3. The first kappa shape index (κ1) is 21.3. The monoisotopic (exact) mass is 440 g/mol. The first-order chi connectivity index (χ1) is 15.2. The third-order valence-electron chi connectivity index (χ3n) is 5.83. The predicted octanol–water partition coefficient (Wildman–Crippen LogP) is 1.51. The SMILES string of the molecule is Cc1ccc(NC(=O)N2CC(C(=O)O)CC(c3cnn(C)c3)C2)cc1N1C(=O)CNC1=O. The fourth-order valence-corrected chi connectivity index (χ4v) is 4.13. The van der Waals surface area contributed by atoms with E-state index in [0.29, 0.717) is 29.9 Å². The summed E-state index contributed by atoms with van der Waals surface area (Å²) in [6.45, 7) is 2.13. The fraction of sp³-hybridized carbons (Fsp3) is 0.381. The second-order valence-corrected chi connectivity index (χ2v) is 8.14. The van der Waals surface area contributed by atoms with E-state index in [2.05, 4.69) is 15.7 Å². The molecule has 2 fully saturated rings. The molecular weight excluding hydrogens is 416 g/mol. The number of urea groups is 2. The molecule has 3 heterocycles. The molecule has 0 saturated carbocycles. The van der Waals surface area contributed by atoms with Gasteiger partial charge in [0.1, 0.15) is 0 Å². The van der Waals surface area contributed by atoms with Crippen molar-refractivity contribution >= 4 is 35.3 Å². The molecule has 0 aliphatic carbocycles. The third-order valence-corrected chi connectivity index (χ3v) is 5.83. The van der Waals surface area contributed by atoms with Gasteiger partial charge >= 0.3 is 18.0 Å². The summed E-state index contributed by atoms with van der Waals surface area (Å²) in [6, 6.07) is 3.98. The van der Waals surface area contributed by atoms with Crippen LogP contribution in [0, 0.1) is 12.8 Å². The fourth-order valence-electron chi connectivity index (χ4n) is 4.13. The smallest absolute Gasteiger partial charge is 0.329 e. The van der Waals surface area contributed by atoms with Crippen LogP contribution < -0.4 is 15.5 Å². The maximum absolute atomic E-state index is 13.0. The van der Waals surface area contributed by atoms with E-state index in [1.807, 2.05) is 6.20 Å². The van der Waals surface area contributed by atoms with Gasteiger partial charge in [-0.3, -0.25) is 14.3 Å². The largest absolute Gasteiger partial charge is 0.481 e. The number of likely N-dealkylation sites (tertiary alicyclic amines) is 1. The highest BCUT2D eigenvalue weighted by molar-refractivity contribution is 6.20. The zero-order valence-electron chi connectivity index (χ0n) is 17.7. The van der Waals surface area contributed by atoms with Crippen molar-refractivity contribution in [3.05, 3.63) is 41.7 Å². The molecule has 2 unspecified atom stereocenters. The number of carboxylic acid groups (broad SMARTS) is 1. The van der Waals surface area contributed by atoms with Crippen molar-refractivity contribution in [3.63, 3.8) is 0 Å². The quantitative estimate of drug-likeness (QED) is 0.617. The van der Waals surface area contributed by atoms with Crippen LogP contribution in [0.25, 0.3) is 0 Å². The molecule has 32 heavy (non-hydrogen) atoms. The van der Waals surface area contributed by atoms with Crippen molar-refractivity contribution in [2.45, 2.75) is 19.3 Å². The Morgan fingerprint density at radius 3 is 2.66 bits per heavy atom. The average molecular weight is 440 g/mol. The molecular formula is C21H24N6O5. The normalized spacial score (nSPS) is 20.9. The third kappa shape index (κ3) is 4.13. The van der Waals surface area contributed by atoms with Crippen LogP contribution in [0.3, 0.4) is 0 Å². The van der Waals surface area contributed by atoms with Gasteiger partial charge in [0.25, 0.3) is 5.91 Å². The molecule has 168 valence electrons. The van der Waals surface area contributed by atoms with Gasteiger partial charge in [0.05, 0.1) is 24.3 Å². The molecule has 4 rings (SSSR count). The highest BCUT2D eigenvalue weighted by Crippen LogP contribution is 2.31. The van der Waals surface area contributed by atoms with Crippen LogP contribution in [-0.4, -0.2) is 63.4 Å². The van der Waals surface area contributed by atoms with Crippen LogP contribution in [0.1, 0.15) is 23.5 Å². The van der Waals surface area contributed by atoms with Crippen molar-refractivity contribution in [3.8, 4) is 0 Å². The summed E-state index contributed by atoms with van der Waals surface area (Å²) in [4.78, 5) is 51.3. The molecule has 2 saturated heterocycles. The van der Waals surface area contributed by atoms with Gasteiger partial charge in [0.15, 0.2) is 0 Å². The Kier molecular flexibility index (Phi) is 5.56. The number of rotatable bonds is 4. The number of nitrogens with zero attached hydrogens (tertiary/aromatic N) is 4. The Morgan fingerprint density at radius 2 is 2.03 bits per heavy atom. The zero-order valence-corrected chi connectivity index (χ0v) is 17.7. The average Bonchev–Trinajstić information content (AvgIpc) is 3.34. The molecule has 2 aliphatic heterocycles. The minimum Gasteiger partial charge on any atom is -0.481 e.